The minimum Gasteiger partial charge on any atom is -0.486 e. The van der Waals surface area contributed by atoms with Gasteiger partial charge in [0.1, 0.15) is 13.2 Å². The Kier molecular flexibility index (Phi) is 3.57. The van der Waals surface area contributed by atoms with Crippen molar-refractivity contribution in [2.24, 2.45) is 0 Å². The van der Waals surface area contributed by atoms with Crippen LogP contribution in [-0.2, 0) is 0 Å². The van der Waals surface area contributed by atoms with E-state index in [2.05, 4.69) is 20.6 Å². The molecule has 0 fully saturated rings. The van der Waals surface area contributed by atoms with Crippen LogP contribution in [0.1, 0.15) is 35.4 Å². The molecule has 3 heterocycles. The molecular formula is C15H15N5O3S. The average Bonchev–Trinajstić information content (AvgIpc) is 3.14. The maximum absolute atomic E-state index is 12.4. The molecule has 0 unspecified atom stereocenters. The Morgan fingerprint density at radius 3 is 2.83 bits per heavy atom. The van der Waals surface area contributed by atoms with Gasteiger partial charge >= 0.3 is 0 Å². The number of hydrogen-bond acceptors (Lipinski definition) is 7. The maximum Gasteiger partial charge on any atom is 0.286 e. The van der Waals surface area contributed by atoms with E-state index in [0.29, 0.717) is 40.4 Å². The fourth-order valence-corrected chi connectivity index (χ4v) is 3.13. The zero-order valence-corrected chi connectivity index (χ0v) is 14.0. The summed E-state index contributed by atoms with van der Waals surface area (Å²) in [5, 5.41) is 15.6. The molecule has 0 atom stereocenters. The van der Waals surface area contributed by atoms with Gasteiger partial charge in [-0.05, 0) is 12.1 Å². The Labute approximate surface area is 141 Å². The van der Waals surface area contributed by atoms with E-state index in [4.69, 9.17) is 9.47 Å². The van der Waals surface area contributed by atoms with Crippen molar-refractivity contribution in [3.05, 3.63) is 29.0 Å². The van der Waals surface area contributed by atoms with Crippen LogP contribution in [0.15, 0.2) is 18.2 Å². The number of amides is 1. The highest BCUT2D eigenvalue weighted by Gasteiger charge is 2.19. The predicted octanol–water partition coefficient (Wildman–Crippen LogP) is 2.33. The number of aromatic nitrogens is 4. The van der Waals surface area contributed by atoms with Crippen LogP contribution in [0.3, 0.4) is 0 Å². The molecule has 0 bridgehead atoms. The highest BCUT2D eigenvalue weighted by atomic mass is 32.1. The lowest BCUT2D eigenvalue weighted by molar-refractivity contribution is 0.102. The van der Waals surface area contributed by atoms with Crippen LogP contribution in [-0.4, -0.2) is 38.9 Å². The number of carbonyl (C=O) groups is 1. The molecule has 1 aliphatic heterocycles. The van der Waals surface area contributed by atoms with Crippen molar-refractivity contribution in [1.82, 2.24) is 19.8 Å². The molecule has 8 nitrogen and oxygen atoms in total. The lowest BCUT2D eigenvalue weighted by Crippen LogP contribution is -2.16. The molecule has 1 amide bonds. The maximum atomic E-state index is 12.4. The topological polar surface area (TPSA) is 90.6 Å². The number of ether oxygens (including phenoxy) is 2. The molecule has 1 aliphatic rings. The van der Waals surface area contributed by atoms with E-state index in [9.17, 15) is 4.79 Å². The van der Waals surface area contributed by atoms with E-state index in [0.717, 1.165) is 5.82 Å². The first-order chi connectivity index (χ1) is 11.6. The fraction of sp³-hybridized carbons (Fsp3) is 0.333. The molecule has 0 saturated carbocycles. The Balaban J connectivity index is 1.58. The molecule has 4 rings (SSSR count). The van der Waals surface area contributed by atoms with Crippen molar-refractivity contribution in [2.75, 3.05) is 18.5 Å². The van der Waals surface area contributed by atoms with Gasteiger partial charge in [0.05, 0.1) is 0 Å². The van der Waals surface area contributed by atoms with E-state index in [-0.39, 0.29) is 11.8 Å². The van der Waals surface area contributed by atoms with E-state index in [1.54, 1.807) is 22.7 Å². The molecule has 1 aromatic carbocycles. The Morgan fingerprint density at radius 1 is 1.25 bits per heavy atom. The van der Waals surface area contributed by atoms with Crippen molar-refractivity contribution in [3.63, 3.8) is 0 Å². The van der Waals surface area contributed by atoms with Crippen molar-refractivity contribution in [2.45, 2.75) is 19.8 Å². The summed E-state index contributed by atoms with van der Waals surface area (Å²) in [6.45, 7) is 5.04. The molecule has 24 heavy (non-hydrogen) atoms. The summed E-state index contributed by atoms with van der Waals surface area (Å²) in [5.41, 5.74) is 0.624. The third-order valence-electron chi connectivity index (χ3n) is 3.53. The summed E-state index contributed by atoms with van der Waals surface area (Å²) in [4.78, 5) is 13.0. The summed E-state index contributed by atoms with van der Waals surface area (Å²) in [7, 11) is 0. The van der Waals surface area contributed by atoms with E-state index in [1.807, 2.05) is 13.8 Å². The summed E-state index contributed by atoms with van der Waals surface area (Å²) in [6.07, 6.45) is 0. The second kappa shape index (κ2) is 5.75. The molecular weight excluding hydrogens is 330 g/mol. The number of benzene rings is 1. The van der Waals surface area contributed by atoms with Crippen LogP contribution in [0.2, 0.25) is 0 Å². The van der Waals surface area contributed by atoms with Gasteiger partial charge in [0.25, 0.3) is 5.91 Å². The van der Waals surface area contributed by atoms with Crippen molar-refractivity contribution < 1.29 is 14.3 Å². The van der Waals surface area contributed by atoms with Crippen LogP contribution < -0.4 is 14.8 Å². The van der Waals surface area contributed by atoms with E-state index < -0.39 is 0 Å². The summed E-state index contributed by atoms with van der Waals surface area (Å²) in [5.74, 6) is 1.92. The molecule has 2 aromatic heterocycles. The monoisotopic (exact) mass is 345 g/mol. The fourth-order valence-electron chi connectivity index (χ4n) is 2.39. The molecule has 0 aliphatic carbocycles. The second-order valence-electron chi connectivity index (χ2n) is 5.63. The van der Waals surface area contributed by atoms with Crippen LogP contribution in [0.5, 0.6) is 11.5 Å². The zero-order chi connectivity index (χ0) is 16.7. The van der Waals surface area contributed by atoms with Gasteiger partial charge in [-0.2, -0.15) is 4.52 Å². The summed E-state index contributed by atoms with van der Waals surface area (Å²) in [6, 6.07) is 5.29. The Morgan fingerprint density at radius 2 is 2.04 bits per heavy atom. The van der Waals surface area contributed by atoms with Gasteiger partial charge < -0.3 is 14.8 Å². The van der Waals surface area contributed by atoms with Crippen molar-refractivity contribution >= 4 is 27.9 Å². The molecule has 1 N–H and O–H groups in total. The first-order valence-corrected chi connectivity index (χ1v) is 8.36. The van der Waals surface area contributed by atoms with E-state index in [1.165, 1.54) is 11.3 Å². The Bertz CT molecular complexity index is 917. The van der Waals surface area contributed by atoms with Crippen LogP contribution >= 0.6 is 11.3 Å². The zero-order valence-electron chi connectivity index (χ0n) is 13.1. The third kappa shape index (κ3) is 2.56. The van der Waals surface area contributed by atoms with Gasteiger partial charge in [0.15, 0.2) is 17.3 Å². The minimum atomic E-state index is -0.295. The standard InChI is InChI=1S/C15H15N5O3S/c1-8(2)12-17-18-15-20(12)19-14(24-15)13(21)16-9-3-4-10-11(7-9)23-6-5-22-10/h3-4,7-8H,5-6H2,1-2H3,(H,16,21). The number of nitrogens with zero attached hydrogens (tertiary/aromatic N) is 4. The summed E-state index contributed by atoms with van der Waals surface area (Å²) >= 11 is 1.20. The molecule has 3 aromatic rings. The molecule has 124 valence electrons. The van der Waals surface area contributed by atoms with Crippen LogP contribution in [0, 0.1) is 0 Å². The molecule has 0 radical (unpaired) electrons. The lowest BCUT2D eigenvalue weighted by Gasteiger charge is -2.18. The normalized spacial score (nSPS) is 13.5. The Hall–Kier alpha value is -2.68. The summed E-state index contributed by atoms with van der Waals surface area (Å²) < 4.78 is 12.6. The number of hydrogen-bond donors (Lipinski definition) is 1. The second-order valence-corrected chi connectivity index (χ2v) is 6.58. The van der Waals surface area contributed by atoms with Gasteiger partial charge in [0, 0.05) is 17.7 Å². The average molecular weight is 345 g/mol. The molecule has 0 saturated heterocycles. The number of carbonyl (C=O) groups excluding carboxylic acids is 1. The third-order valence-corrected chi connectivity index (χ3v) is 4.42. The highest BCUT2D eigenvalue weighted by molar-refractivity contribution is 7.18. The molecule has 9 heteroatoms. The quantitative estimate of drug-likeness (QED) is 0.783. The van der Waals surface area contributed by atoms with Crippen molar-refractivity contribution in [1.29, 1.82) is 0 Å². The van der Waals surface area contributed by atoms with Gasteiger partial charge in [-0.15, -0.1) is 15.3 Å². The van der Waals surface area contributed by atoms with Crippen molar-refractivity contribution in [3.8, 4) is 11.5 Å². The van der Waals surface area contributed by atoms with Crippen LogP contribution in [0.4, 0.5) is 5.69 Å². The SMILES string of the molecule is CC(C)c1nnc2sc(C(=O)Nc3ccc4c(c3)OCCO4)nn12. The van der Waals surface area contributed by atoms with E-state index >= 15 is 0 Å². The smallest absolute Gasteiger partial charge is 0.286 e. The van der Waals surface area contributed by atoms with Gasteiger partial charge in [-0.25, -0.2) is 0 Å². The molecule has 0 spiro atoms. The van der Waals surface area contributed by atoms with Gasteiger partial charge in [-0.3, -0.25) is 4.79 Å². The number of fused-ring (bicyclic) bond motifs is 2. The number of anilines is 1. The number of nitrogens with one attached hydrogen (secondary N) is 1. The number of rotatable bonds is 3. The van der Waals surface area contributed by atoms with Crippen LogP contribution in [0.25, 0.3) is 4.96 Å². The highest BCUT2D eigenvalue weighted by Crippen LogP contribution is 2.32. The van der Waals surface area contributed by atoms with Gasteiger partial charge in [0.2, 0.25) is 9.97 Å². The largest absolute Gasteiger partial charge is 0.486 e. The van der Waals surface area contributed by atoms with Gasteiger partial charge in [-0.1, -0.05) is 25.2 Å². The lowest BCUT2D eigenvalue weighted by atomic mass is 10.2. The first-order valence-electron chi connectivity index (χ1n) is 7.55. The first kappa shape index (κ1) is 14.9. The predicted molar refractivity (Wildman–Crippen MR) is 88.1 cm³/mol. The minimum absolute atomic E-state index is 0.177.